The van der Waals surface area contributed by atoms with Gasteiger partial charge in [0.25, 0.3) is 0 Å². The van der Waals surface area contributed by atoms with Crippen molar-refractivity contribution in [3.8, 4) is 11.3 Å². The SMILES string of the molecule is c1cc(Nc2nc(-c3ccncc3)cc3ncccc23)c2cc[nH]c2c1. The van der Waals surface area contributed by atoms with Gasteiger partial charge >= 0.3 is 0 Å². The summed E-state index contributed by atoms with van der Waals surface area (Å²) in [4.78, 5) is 16.7. The molecule has 5 aromatic rings. The van der Waals surface area contributed by atoms with Crippen molar-refractivity contribution >= 4 is 33.3 Å². The number of aromatic nitrogens is 4. The van der Waals surface area contributed by atoms with E-state index in [2.05, 4.69) is 38.5 Å². The van der Waals surface area contributed by atoms with Crippen LogP contribution in [0.25, 0.3) is 33.1 Å². The molecule has 4 aromatic heterocycles. The zero-order valence-corrected chi connectivity index (χ0v) is 13.8. The molecular formula is C21H15N5. The normalized spacial score (nSPS) is 11.1. The number of hydrogen-bond donors (Lipinski definition) is 2. The zero-order valence-electron chi connectivity index (χ0n) is 13.8. The van der Waals surface area contributed by atoms with Crippen LogP contribution in [-0.4, -0.2) is 19.9 Å². The molecule has 0 saturated heterocycles. The third kappa shape index (κ3) is 2.46. The molecule has 0 saturated carbocycles. The number of H-pyrrole nitrogens is 1. The maximum absolute atomic E-state index is 4.87. The van der Waals surface area contributed by atoms with Gasteiger partial charge in [-0.3, -0.25) is 9.97 Å². The van der Waals surface area contributed by atoms with E-state index in [1.165, 1.54) is 0 Å². The van der Waals surface area contributed by atoms with Crippen LogP contribution in [0.2, 0.25) is 0 Å². The third-order valence-corrected chi connectivity index (χ3v) is 4.42. The number of rotatable bonds is 3. The van der Waals surface area contributed by atoms with Crippen molar-refractivity contribution in [2.75, 3.05) is 5.32 Å². The lowest BCUT2D eigenvalue weighted by molar-refractivity contribution is 1.28. The largest absolute Gasteiger partial charge is 0.361 e. The van der Waals surface area contributed by atoms with Gasteiger partial charge in [0.05, 0.1) is 11.2 Å². The number of benzene rings is 1. The molecule has 26 heavy (non-hydrogen) atoms. The molecule has 1 aromatic carbocycles. The topological polar surface area (TPSA) is 66.5 Å². The molecule has 0 atom stereocenters. The van der Waals surface area contributed by atoms with Crippen LogP contribution in [-0.2, 0) is 0 Å². The van der Waals surface area contributed by atoms with Gasteiger partial charge in [-0.2, -0.15) is 0 Å². The van der Waals surface area contributed by atoms with Gasteiger partial charge < -0.3 is 10.3 Å². The minimum Gasteiger partial charge on any atom is -0.361 e. The number of fused-ring (bicyclic) bond motifs is 2. The Morgan fingerprint density at radius 2 is 1.77 bits per heavy atom. The Hall–Kier alpha value is -3.73. The average Bonchev–Trinajstić information content (AvgIpc) is 3.18. The summed E-state index contributed by atoms with van der Waals surface area (Å²) in [5.41, 5.74) is 4.87. The van der Waals surface area contributed by atoms with Gasteiger partial charge in [-0.05, 0) is 48.5 Å². The fraction of sp³-hybridized carbons (Fsp3) is 0. The highest BCUT2D eigenvalue weighted by molar-refractivity contribution is 5.98. The lowest BCUT2D eigenvalue weighted by atomic mass is 10.1. The first-order chi connectivity index (χ1) is 12.9. The molecule has 0 unspecified atom stereocenters. The lowest BCUT2D eigenvalue weighted by Crippen LogP contribution is -1.98. The Labute approximate surface area is 149 Å². The molecule has 0 fully saturated rings. The monoisotopic (exact) mass is 337 g/mol. The number of hydrogen-bond acceptors (Lipinski definition) is 4. The van der Waals surface area contributed by atoms with E-state index in [-0.39, 0.29) is 0 Å². The maximum atomic E-state index is 4.87. The highest BCUT2D eigenvalue weighted by Crippen LogP contribution is 2.31. The summed E-state index contributed by atoms with van der Waals surface area (Å²) in [6.45, 7) is 0. The maximum Gasteiger partial charge on any atom is 0.140 e. The number of pyridine rings is 3. The van der Waals surface area contributed by atoms with E-state index < -0.39 is 0 Å². The molecule has 5 heteroatoms. The van der Waals surface area contributed by atoms with Crippen LogP contribution in [0.4, 0.5) is 11.5 Å². The van der Waals surface area contributed by atoms with Crippen molar-refractivity contribution in [3.05, 3.63) is 79.4 Å². The molecule has 0 spiro atoms. The fourth-order valence-electron chi connectivity index (χ4n) is 3.16. The van der Waals surface area contributed by atoms with E-state index in [0.29, 0.717) is 0 Å². The van der Waals surface area contributed by atoms with Crippen molar-refractivity contribution in [2.24, 2.45) is 0 Å². The van der Waals surface area contributed by atoms with E-state index in [9.17, 15) is 0 Å². The van der Waals surface area contributed by atoms with Crippen molar-refractivity contribution < 1.29 is 0 Å². The van der Waals surface area contributed by atoms with Crippen LogP contribution in [0.1, 0.15) is 0 Å². The van der Waals surface area contributed by atoms with Crippen LogP contribution in [0.3, 0.4) is 0 Å². The standard InChI is InChI=1S/C21H15N5/c1-4-17-15(8-12-24-17)18(5-1)25-21-16-3-2-9-23-20(16)13-19(26-21)14-6-10-22-11-7-14/h1-13,24H,(H,25,26). The summed E-state index contributed by atoms with van der Waals surface area (Å²) >= 11 is 0. The van der Waals surface area contributed by atoms with Crippen LogP contribution >= 0.6 is 0 Å². The minimum absolute atomic E-state index is 0.788. The first-order valence-corrected chi connectivity index (χ1v) is 8.38. The lowest BCUT2D eigenvalue weighted by Gasteiger charge is -2.12. The van der Waals surface area contributed by atoms with Gasteiger partial charge in [0, 0.05) is 52.3 Å². The number of aromatic amines is 1. The second kappa shape index (κ2) is 5.97. The summed E-state index contributed by atoms with van der Waals surface area (Å²) in [5, 5.41) is 5.61. The predicted octanol–water partition coefficient (Wildman–Crippen LogP) is 4.92. The zero-order chi connectivity index (χ0) is 17.3. The molecule has 0 aliphatic heterocycles. The Kier molecular flexibility index (Phi) is 3.35. The summed E-state index contributed by atoms with van der Waals surface area (Å²) in [5.74, 6) is 0.788. The smallest absolute Gasteiger partial charge is 0.140 e. The van der Waals surface area contributed by atoms with Gasteiger partial charge in [0.2, 0.25) is 0 Å². The van der Waals surface area contributed by atoms with Crippen molar-refractivity contribution in [1.82, 2.24) is 19.9 Å². The van der Waals surface area contributed by atoms with Gasteiger partial charge in [-0.25, -0.2) is 4.98 Å². The molecule has 0 aliphatic carbocycles. The molecule has 0 aliphatic rings. The first kappa shape index (κ1) is 14.6. The Balaban J connectivity index is 1.70. The second-order valence-electron chi connectivity index (χ2n) is 6.03. The van der Waals surface area contributed by atoms with E-state index in [4.69, 9.17) is 4.98 Å². The Morgan fingerprint density at radius 3 is 2.69 bits per heavy atom. The Morgan fingerprint density at radius 1 is 0.846 bits per heavy atom. The number of anilines is 2. The molecule has 0 radical (unpaired) electrons. The molecule has 5 nitrogen and oxygen atoms in total. The predicted molar refractivity (Wildman–Crippen MR) is 104 cm³/mol. The summed E-state index contributed by atoms with van der Waals surface area (Å²) < 4.78 is 0. The molecule has 5 rings (SSSR count). The van der Waals surface area contributed by atoms with Crippen molar-refractivity contribution in [3.63, 3.8) is 0 Å². The van der Waals surface area contributed by atoms with E-state index in [1.807, 2.05) is 42.6 Å². The van der Waals surface area contributed by atoms with E-state index in [0.717, 1.165) is 44.6 Å². The number of nitrogens with zero attached hydrogens (tertiary/aromatic N) is 3. The first-order valence-electron chi connectivity index (χ1n) is 8.38. The highest BCUT2D eigenvalue weighted by Gasteiger charge is 2.10. The highest BCUT2D eigenvalue weighted by atomic mass is 15.0. The van der Waals surface area contributed by atoms with E-state index in [1.54, 1.807) is 18.6 Å². The summed E-state index contributed by atoms with van der Waals surface area (Å²) in [6, 6.07) is 18.1. The number of nitrogens with one attached hydrogen (secondary N) is 2. The van der Waals surface area contributed by atoms with Crippen molar-refractivity contribution in [2.45, 2.75) is 0 Å². The molecule has 124 valence electrons. The third-order valence-electron chi connectivity index (χ3n) is 4.42. The quantitative estimate of drug-likeness (QED) is 0.490. The van der Waals surface area contributed by atoms with Crippen LogP contribution in [0, 0.1) is 0 Å². The summed E-state index contributed by atoms with van der Waals surface area (Å²) in [6.07, 6.45) is 7.28. The van der Waals surface area contributed by atoms with Gasteiger partial charge in [-0.15, -0.1) is 0 Å². The van der Waals surface area contributed by atoms with Crippen LogP contribution in [0.5, 0.6) is 0 Å². The fourth-order valence-corrected chi connectivity index (χ4v) is 3.16. The summed E-state index contributed by atoms with van der Waals surface area (Å²) in [7, 11) is 0. The molecule has 0 bridgehead atoms. The van der Waals surface area contributed by atoms with Gasteiger partial charge in [0.1, 0.15) is 5.82 Å². The molecule has 2 N–H and O–H groups in total. The molecule has 4 heterocycles. The Bertz CT molecular complexity index is 1210. The van der Waals surface area contributed by atoms with Gasteiger partial charge in [0.15, 0.2) is 0 Å². The van der Waals surface area contributed by atoms with E-state index >= 15 is 0 Å². The second-order valence-corrected chi connectivity index (χ2v) is 6.03. The van der Waals surface area contributed by atoms with Gasteiger partial charge in [-0.1, -0.05) is 6.07 Å². The van der Waals surface area contributed by atoms with Crippen LogP contribution in [0.15, 0.2) is 79.4 Å². The molecule has 0 amide bonds. The molecular weight excluding hydrogens is 322 g/mol. The van der Waals surface area contributed by atoms with Crippen LogP contribution < -0.4 is 5.32 Å². The minimum atomic E-state index is 0.788. The van der Waals surface area contributed by atoms with Crippen molar-refractivity contribution in [1.29, 1.82) is 0 Å². The average molecular weight is 337 g/mol.